The van der Waals surface area contributed by atoms with E-state index in [2.05, 4.69) is 10.2 Å². The number of rotatable bonds is 9. The molecule has 4 heteroatoms. The maximum atomic E-state index is 12.0. The number of nitrogens with zero attached hydrogens (tertiary/aromatic N) is 1. The molecule has 0 aliphatic heterocycles. The third kappa shape index (κ3) is 3.11. The van der Waals surface area contributed by atoms with Crippen LogP contribution in [-0.2, 0) is 4.79 Å². The molecule has 1 amide bonds. The smallest absolute Gasteiger partial charge is 0.239 e. The van der Waals surface area contributed by atoms with Gasteiger partial charge >= 0.3 is 0 Å². The Labute approximate surface area is 116 Å². The molecule has 0 aromatic heterocycles. The Balaban J connectivity index is 1.66. The minimum atomic E-state index is -0.482. The van der Waals surface area contributed by atoms with Gasteiger partial charge in [-0.25, -0.2) is 0 Å². The van der Waals surface area contributed by atoms with Crippen LogP contribution in [0.25, 0.3) is 0 Å². The number of primary amides is 1. The minimum absolute atomic E-state index is 0.158. The van der Waals surface area contributed by atoms with Crippen molar-refractivity contribution in [2.75, 3.05) is 26.7 Å². The van der Waals surface area contributed by atoms with Gasteiger partial charge in [0.2, 0.25) is 5.91 Å². The van der Waals surface area contributed by atoms with Gasteiger partial charge in [0.05, 0.1) is 0 Å². The van der Waals surface area contributed by atoms with E-state index in [4.69, 9.17) is 5.73 Å². The lowest BCUT2D eigenvalue weighted by molar-refractivity contribution is -0.126. The Bertz CT molecular complexity index is 333. The van der Waals surface area contributed by atoms with Crippen molar-refractivity contribution >= 4 is 5.91 Å². The topological polar surface area (TPSA) is 58.4 Å². The van der Waals surface area contributed by atoms with Crippen molar-refractivity contribution in [2.45, 2.75) is 44.1 Å². The highest BCUT2D eigenvalue weighted by atomic mass is 16.1. The molecule has 3 N–H and O–H groups in total. The van der Waals surface area contributed by atoms with Crippen molar-refractivity contribution in [2.24, 2.45) is 23.5 Å². The molecule has 3 saturated carbocycles. The largest absolute Gasteiger partial charge is 0.368 e. The summed E-state index contributed by atoms with van der Waals surface area (Å²) >= 11 is 0. The van der Waals surface area contributed by atoms with E-state index in [1.54, 1.807) is 0 Å². The first-order valence-electron chi connectivity index (χ1n) is 7.85. The van der Waals surface area contributed by atoms with Gasteiger partial charge in [-0.05, 0) is 63.3 Å². The molecule has 3 rings (SSSR count). The average Bonchev–Trinajstić information content (AvgIpc) is 3.23. The molecular weight excluding hydrogens is 238 g/mol. The zero-order valence-corrected chi connectivity index (χ0v) is 12.0. The average molecular weight is 265 g/mol. The lowest BCUT2D eigenvalue weighted by Crippen LogP contribution is -2.62. The highest BCUT2D eigenvalue weighted by molar-refractivity contribution is 5.86. The van der Waals surface area contributed by atoms with E-state index in [1.807, 2.05) is 7.05 Å². The van der Waals surface area contributed by atoms with Crippen LogP contribution in [0, 0.1) is 17.8 Å². The molecule has 3 aliphatic carbocycles. The summed E-state index contributed by atoms with van der Waals surface area (Å²) in [6.45, 7) is 3.15. The molecule has 1 unspecified atom stereocenters. The molecule has 1 atom stereocenters. The molecular formula is C15H27N3O. The maximum Gasteiger partial charge on any atom is 0.239 e. The molecule has 19 heavy (non-hydrogen) atoms. The van der Waals surface area contributed by atoms with E-state index in [-0.39, 0.29) is 5.91 Å². The summed E-state index contributed by atoms with van der Waals surface area (Å²) in [5.41, 5.74) is 5.25. The molecule has 0 saturated heterocycles. The lowest BCUT2D eigenvalue weighted by atomic mass is 9.91. The van der Waals surface area contributed by atoms with Gasteiger partial charge in [-0.1, -0.05) is 0 Å². The van der Waals surface area contributed by atoms with Gasteiger partial charge in [-0.15, -0.1) is 0 Å². The summed E-state index contributed by atoms with van der Waals surface area (Å²) in [4.78, 5) is 14.5. The van der Waals surface area contributed by atoms with Crippen molar-refractivity contribution in [3.63, 3.8) is 0 Å². The predicted octanol–water partition coefficient (Wildman–Crippen LogP) is 0.962. The van der Waals surface area contributed by atoms with Crippen LogP contribution in [0.4, 0.5) is 0 Å². The van der Waals surface area contributed by atoms with E-state index in [1.165, 1.54) is 38.8 Å². The van der Waals surface area contributed by atoms with E-state index >= 15 is 0 Å². The number of hydrogen-bond donors (Lipinski definition) is 2. The fourth-order valence-electron chi connectivity index (χ4n) is 3.28. The number of carbonyl (C=O) groups is 1. The number of amides is 1. The molecule has 0 heterocycles. The summed E-state index contributed by atoms with van der Waals surface area (Å²) in [5, 5.41) is 3.28. The predicted molar refractivity (Wildman–Crippen MR) is 75.6 cm³/mol. The Morgan fingerprint density at radius 1 is 1.16 bits per heavy atom. The van der Waals surface area contributed by atoms with Crippen LogP contribution < -0.4 is 11.1 Å². The second kappa shape index (κ2) is 5.06. The van der Waals surface area contributed by atoms with Crippen LogP contribution in [0.5, 0.6) is 0 Å². The minimum Gasteiger partial charge on any atom is -0.368 e. The summed E-state index contributed by atoms with van der Waals surface area (Å²) in [6, 6.07) is 0. The Kier molecular flexibility index (Phi) is 3.56. The molecule has 0 radical (unpaired) electrons. The van der Waals surface area contributed by atoms with Crippen LogP contribution in [-0.4, -0.2) is 43.0 Å². The number of hydrogen-bond acceptors (Lipinski definition) is 3. The summed E-state index contributed by atoms with van der Waals surface area (Å²) in [5.74, 6) is 2.05. The Morgan fingerprint density at radius 2 is 1.68 bits per heavy atom. The van der Waals surface area contributed by atoms with Gasteiger partial charge in [0.25, 0.3) is 0 Å². The van der Waals surface area contributed by atoms with Crippen LogP contribution in [0.15, 0.2) is 0 Å². The van der Waals surface area contributed by atoms with Crippen molar-refractivity contribution in [3.8, 4) is 0 Å². The third-order valence-corrected chi connectivity index (χ3v) is 5.06. The molecule has 108 valence electrons. The van der Waals surface area contributed by atoms with Gasteiger partial charge in [-0.3, -0.25) is 4.79 Å². The quantitative estimate of drug-likeness (QED) is 0.653. The number of nitrogens with one attached hydrogen (secondary N) is 1. The number of carbonyl (C=O) groups excluding carboxylic acids is 1. The fourth-order valence-corrected chi connectivity index (χ4v) is 3.28. The fraction of sp³-hybridized carbons (Fsp3) is 0.933. The van der Waals surface area contributed by atoms with Crippen molar-refractivity contribution in [1.29, 1.82) is 0 Å². The monoisotopic (exact) mass is 265 g/mol. The zero-order chi connectivity index (χ0) is 13.5. The summed E-state index contributed by atoms with van der Waals surface area (Å²) < 4.78 is 0. The maximum absolute atomic E-state index is 12.0. The lowest BCUT2D eigenvalue weighted by Gasteiger charge is -2.36. The van der Waals surface area contributed by atoms with E-state index in [9.17, 15) is 4.79 Å². The second-order valence-electron chi connectivity index (χ2n) is 6.94. The Morgan fingerprint density at radius 3 is 2.00 bits per heavy atom. The van der Waals surface area contributed by atoms with Gasteiger partial charge in [0.1, 0.15) is 5.54 Å². The molecule has 0 spiro atoms. The molecule has 0 bridgehead atoms. The van der Waals surface area contributed by atoms with Gasteiger partial charge in [-0.2, -0.15) is 0 Å². The Hall–Kier alpha value is -0.610. The van der Waals surface area contributed by atoms with E-state index in [0.717, 1.165) is 31.2 Å². The zero-order valence-electron chi connectivity index (χ0n) is 12.0. The molecule has 0 aromatic carbocycles. The van der Waals surface area contributed by atoms with Crippen molar-refractivity contribution < 1.29 is 4.79 Å². The van der Waals surface area contributed by atoms with E-state index in [0.29, 0.717) is 5.92 Å². The molecule has 0 aromatic rings. The first-order valence-corrected chi connectivity index (χ1v) is 7.85. The summed E-state index contributed by atoms with van der Waals surface area (Å²) in [6.07, 6.45) is 7.76. The van der Waals surface area contributed by atoms with Gasteiger partial charge < -0.3 is 16.0 Å². The van der Waals surface area contributed by atoms with Crippen LogP contribution in [0.1, 0.15) is 38.5 Å². The SMILES string of the molecule is CNC(CN(CC1CC1)CC1CC1)(C(N)=O)C1CC1. The van der Waals surface area contributed by atoms with E-state index < -0.39 is 5.54 Å². The number of likely N-dealkylation sites (N-methyl/N-ethyl adjacent to an activating group) is 1. The van der Waals surface area contributed by atoms with Crippen LogP contribution >= 0.6 is 0 Å². The first kappa shape index (κ1) is 13.4. The molecule has 4 nitrogen and oxygen atoms in total. The highest BCUT2D eigenvalue weighted by Gasteiger charge is 2.50. The van der Waals surface area contributed by atoms with Gasteiger partial charge in [0, 0.05) is 19.6 Å². The molecule has 3 fully saturated rings. The standard InChI is InChI=1S/C15H27N3O/c1-17-15(14(16)19,13-6-7-13)10-18(8-11-2-3-11)9-12-4-5-12/h11-13,17H,2-10H2,1H3,(H2,16,19). The molecule has 3 aliphatic rings. The summed E-state index contributed by atoms with van der Waals surface area (Å²) in [7, 11) is 1.90. The highest BCUT2D eigenvalue weighted by Crippen LogP contribution is 2.41. The van der Waals surface area contributed by atoms with Crippen molar-refractivity contribution in [1.82, 2.24) is 10.2 Å². The van der Waals surface area contributed by atoms with Crippen LogP contribution in [0.2, 0.25) is 0 Å². The van der Waals surface area contributed by atoms with Crippen LogP contribution in [0.3, 0.4) is 0 Å². The first-order chi connectivity index (χ1) is 9.14. The third-order valence-electron chi connectivity index (χ3n) is 5.06. The number of nitrogens with two attached hydrogens (primary N) is 1. The normalized spacial score (nSPS) is 26.4. The van der Waals surface area contributed by atoms with Crippen molar-refractivity contribution in [3.05, 3.63) is 0 Å². The second-order valence-corrected chi connectivity index (χ2v) is 6.94. The van der Waals surface area contributed by atoms with Gasteiger partial charge in [0.15, 0.2) is 0 Å².